The quantitative estimate of drug-likeness (QED) is 0.734. The van der Waals surface area contributed by atoms with E-state index in [0.717, 1.165) is 54.2 Å². The molecule has 1 aliphatic heterocycles. The fourth-order valence-electron chi connectivity index (χ4n) is 3.76. The molecule has 0 saturated carbocycles. The Morgan fingerprint density at radius 3 is 2.65 bits per heavy atom. The molecular weight excluding hydrogens is 326 g/mol. The first-order valence-electron chi connectivity index (χ1n) is 9.01. The Kier molecular flexibility index (Phi) is 4.42. The van der Waals surface area contributed by atoms with Crippen LogP contribution >= 0.6 is 0 Å². The van der Waals surface area contributed by atoms with Crippen molar-refractivity contribution in [2.45, 2.75) is 19.9 Å². The summed E-state index contributed by atoms with van der Waals surface area (Å²) in [7, 11) is 0. The number of carbonyl (C=O) groups is 1. The molecule has 0 amide bonds. The smallest absolute Gasteiger partial charge is 0.182 e. The molecule has 26 heavy (non-hydrogen) atoms. The zero-order valence-electron chi connectivity index (χ0n) is 15.1. The summed E-state index contributed by atoms with van der Waals surface area (Å²) in [6.45, 7) is 7.37. The zero-order valence-corrected chi connectivity index (χ0v) is 15.1. The number of nitrogens with zero attached hydrogens (tertiary/aromatic N) is 4. The van der Waals surface area contributed by atoms with E-state index in [9.17, 15) is 4.79 Å². The minimum atomic E-state index is -0.142. The van der Waals surface area contributed by atoms with Gasteiger partial charge < -0.3 is 9.88 Å². The van der Waals surface area contributed by atoms with Crippen LogP contribution in [0.4, 0.5) is 5.82 Å². The first-order valence-corrected chi connectivity index (χ1v) is 9.01. The van der Waals surface area contributed by atoms with Crippen molar-refractivity contribution in [2.24, 2.45) is 0 Å². The van der Waals surface area contributed by atoms with E-state index in [-0.39, 0.29) is 11.8 Å². The lowest BCUT2D eigenvalue weighted by atomic mass is 10.0. The van der Waals surface area contributed by atoms with Crippen LogP contribution in [0.2, 0.25) is 0 Å². The van der Waals surface area contributed by atoms with Crippen molar-refractivity contribution in [3.8, 4) is 0 Å². The molecule has 1 saturated heterocycles. The van der Waals surface area contributed by atoms with E-state index in [0.29, 0.717) is 0 Å². The summed E-state index contributed by atoms with van der Waals surface area (Å²) in [6.07, 6.45) is 5.19. The first kappa shape index (κ1) is 16.7. The zero-order chi connectivity index (χ0) is 18.1. The molecule has 6 heteroatoms. The molecule has 134 valence electrons. The van der Waals surface area contributed by atoms with Gasteiger partial charge >= 0.3 is 0 Å². The van der Waals surface area contributed by atoms with Gasteiger partial charge in [0.25, 0.3) is 0 Å². The molecule has 3 heterocycles. The molecule has 0 radical (unpaired) electrons. The van der Waals surface area contributed by atoms with Gasteiger partial charge in [-0.25, -0.2) is 4.98 Å². The SMILES string of the molecule is Cc1[nH]c2ccccc2c1C(=O)C(C)N1CCN(c2cnccn2)CC1. The number of Topliss-reactive ketones (excluding diaryl/α,β-unsaturated/α-hetero) is 1. The van der Waals surface area contributed by atoms with Crippen molar-refractivity contribution in [1.82, 2.24) is 19.9 Å². The van der Waals surface area contributed by atoms with Gasteiger partial charge in [0, 0.05) is 60.7 Å². The van der Waals surface area contributed by atoms with Crippen LogP contribution in [0.1, 0.15) is 23.0 Å². The van der Waals surface area contributed by atoms with Gasteiger partial charge in [-0.2, -0.15) is 0 Å². The Morgan fingerprint density at radius 2 is 1.92 bits per heavy atom. The van der Waals surface area contributed by atoms with E-state index in [1.807, 2.05) is 38.1 Å². The van der Waals surface area contributed by atoms with Crippen molar-refractivity contribution in [2.75, 3.05) is 31.1 Å². The summed E-state index contributed by atoms with van der Waals surface area (Å²) in [5, 5.41) is 1.01. The Bertz CT molecular complexity index is 912. The summed E-state index contributed by atoms with van der Waals surface area (Å²) in [5.74, 6) is 1.09. The fourth-order valence-corrected chi connectivity index (χ4v) is 3.76. The van der Waals surface area contributed by atoms with E-state index in [4.69, 9.17) is 0 Å². The minimum Gasteiger partial charge on any atom is -0.358 e. The lowest BCUT2D eigenvalue weighted by molar-refractivity contribution is 0.0831. The predicted octanol–water partition coefficient (Wildman–Crippen LogP) is 2.66. The highest BCUT2D eigenvalue weighted by Gasteiger charge is 2.29. The number of rotatable bonds is 4. The maximum atomic E-state index is 13.2. The largest absolute Gasteiger partial charge is 0.358 e. The van der Waals surface area contributed by atoms with Gasteiger partial charge in [0.05, 0.1) is 12.2 Å². The number of ketones is 1. The number of aromatic amines is 1. The highest BCUT2D eigenvalue weighted by Crippen LogP contribution is 2.25. The van der Waals surface area contributed by atoms with Gasteiger partial charge in [-0.3, -0.25) is 14.7 Å². The van der Waals surface area contributed by atoms with Gasteiger partial charge in [-0.1, -0.05) is 18.2 Å². The standard InChI is InChI=1S/C20H23N5O/c1-14-19(16-5-3-4-6-17(16)23-14)20(26)15(2)24-9-11-25(12-10-24)18-13-21-7-8-22-18/h3-8,13,15,23H,9-12H2,1-2H3. The van der Waals surface area contributed by atoms with Gasteiger partial charge in [0.15, 0.2) is 5.78 Å². The van der Waals surface area contributed by atoms with Crippen molar-refractivity contribution >= 4 is 22.5 Å². The van der Waals surface area contributed by atoms with Gasteiger partial charge in [-0.05, 0) is 19.9 Å². The van der Waals surface area contributed by atoms with Crippen LogP contribution in [-0.4, -0.2) is 57.9 Å². The van der Waals surface area contributed by atoms with Gasteiger partial charge in [0.1, 0.15) is 5.82 Å². The number of piperazine rings is 1. The van der Waals surface area contributed by atoms with Crippen molar-refractivity contribution in [3.63, 3.8) is 0 Å². The van der Waals surface area contributed by atoms with E-state index >= 15 is 0 Å². The summed E-state index contributed by atoms with van der Waals surface area (Å²) in [6, 6.07) is 7.86. The molecule has 3 aromatic rings. The van der Waals surface area contributed by atoms with Crippen molar-refractivity contribution in [3.05, 3.63) is 54.1 Å². The predicted molar refractivity (Wildman–Crippen MR) is 103 cm³/mol. The molecule has 4 rings (SSSR count). The van der Waals surface area contributed by atoms with Crippen LogP contribution in [0, 0.1) is 6.92 Å². The summed E-state index contributed by atoms with van der Waals surface area (Å²) >= 11 is 0. The molecule has 1 unspecified atom stereocenters. The van der Waals surface area contributed by atoms with Crippen molar-refractivity contribution in [1.29, 1.82) is 0 Å². The number of anilines is 1. The van der Waals surface area contributed by atoms with Crippen molar-refractivity contribution < 1.29 is 4.79 Å². The Labute approximate surface area is 152 Å². The minimum absolute atomic E-state index is 0.142. The second-order valence-electron chi connectivity index (χ2n) is 6.80. The number of nitrogens with one attached hydrogen (secondary N) is 1. The number of carbonyl (C=O) groups excluding carboxylic acids is 1. The third kappa shape index (κ3) is 2.97. The normalized spacial score (nSPS) is 16.8. The highest BCUT2D eigenvalue weighted by molar-refractivity contribution is 6.11. The molecule has 1 fully saturated rings. The third-order valence-corrected chi connectivity index (χ3v) is 5.25. The Morgan fingerprint density at radius 1 is 1.15 bits per heavy atom. The molecule has 1 aromatic carbocycles. The van der Waals surface area contributed by atoms with E-state index in [1.54, 1.807) is 18.6 Å². The molecular formula is C20H23N5O. The molecule has 0 spiro atoms. The second-order valence-corrected chi connectivity index (χ2v) is 6.80. The Hall–Kier alpha value is -2.73. The number of aryl methyl sites for hydroxylation is 1. The van der Waals surface area contributed by atoms with E-state index in [1.165, 1.54) is 0 Å². The number of hydrogen-bond acceptors (Lipinski definition) is 5. The van der Waals surface area contributed by atoms with Gasteiger partial charge in [-0.15, -0.1) is 0 Å². The number of aromatic nitrogens is 3. The molecule has 1 atom stereocenters. The van der Waals surface area contributed by atoms with Crippen LogP contribution in [0.15, 0.2) is 42.9 Å². The lowest BCUT2D eigenvalue weighted by Gasteiger charge is -2.37. The van der Waals surface area contributed by atoms with E-state index < -0.39 is 0 Å². The number of fused-ring (bicyclic) bond motifs is 1. The topological polar surface area (TPSA) is 65.1 Å². The number of hydrogen-bond donors (Lipinski definition) is 1. The second kappa shape index (κ2) is 6.88. The third-order valence-electron chi connectivity index (χ3n) is 5.25. The average molecular weight is 349 g/mol. The number of H-pyrrole nitrogens is 1. The average Bonchev–Trinajstić information content (AvgIpc) is 3.03. The lowest BCUT2D eigenvalue weighted by Crippen LogP contribution is -2.52. The summed E-state index contributed by atoms with van der Waals surface area (Å²) in [4.78, 5) is 29.5. The Balaban J connectivity index is 1.49. The fraction of sp³-hybridized carbons (Fsp3) is 0.350. The van der Waals surface area contributed by atoms with Crippen LogP contribution < -0.4 is 4.90 Å². The first-order chi connectivity index (χ1) is 12.6. The van der Waals surface area contributed by atoms with Crippen LogP contribution in [0.3, 0.4) is 0 Å². The van der Waals surface area contributed by atoms with Crippen LogP contribution in [0.25, 0.3) is 10.9 Å². The number of para-hydroxylation sites is 1. The molecule has 6 nitrogen and oxygen atoms in total. The molecule has 1 aliphatic rings. The molecule has 0 bridgehead atoms. The number of benzene rings is 1. The maximum absolute atomic E-state index is 13.2. The highest BCUT2D eigenvalue weighted by atomic mass is 16.1. The van der Waals surface area contributed by atoms with Crippen LogP contribution in [0.5, 0.6) is 0 Å². The summed E-state index contributed by atoms with van der Waals surface area (Å²) < 4.78 is 0. The molecule has 2 aromatic heterocycles. The maximum Gasteiger partial charge on any atom is 0.182 e. The van der Waals surface area contributed by atoms with Gasteiger partial charge in [0.2, 0.25) is 0 Å². The molecule has 1 N–H and O–H groups in total. The monoisotopic (exact) mass is 349 g/mol. The summed E-state index contributed by atoms with van der Waals surface area (Å²) in [5.41, 5.74) is 2.79. The van der Waals surface area contributed by atoms with E-state index in [2.05, 4.69) is 24.8 Å². The molecule has 0 aliphatic carbocycles. The van der Waals surface area contributed by atoms with Crippen LogP contribution in [-0.2, 0) is 0 Å².